The maximum atomic E-state index is 13.0. The van der Waals surface area contributed by atoms with Crippen LogP contribution in [0.3, 0.4) is 0 Å². The molecule has 0 spiro atoms. The first-order valence-corrected chi connectivity index (χ1v) is 11.2. The van der Waals surface area contributed by atoms with E-state index in [2.05, 4.69) is 28.2 Å². The monoisotopic (exact) mass is 474 g/mol. The van der Waals surface area contributed by atoms with Crippen LogP contribution in [0.2, 0.25) is 0 Å². The Morgan fingerprint density at radius 1 is 1.17 bits per heavy atom. The normalized spacial score (nSPS) is 11.6. The predicted molar refractivity (Wildman–Crippen MR) is 124 cm³/mol. The van der Waals surface area contributed by atoms with Crippen LogP contribution in [0.4, 0.5) is 0 Å². The van der Waals surface area contributed by atoms with Gasteiger partial charge in [0.05, 0.1) is 0 Å². The van der Waals surface area contributed by atoms with Crippen LogP contribution >= 0.6 is 15.9 Å². The molecule has 2 aromatic carbocycles. The van der Waals surface area contributed by atoms with E-state index in [1.807, 2.05) is 55.5 Å². The van der Waals surface area contributed by atoms with Gasteiger partial charge in [0.1, 0.15) is 11.8 Å². The zero-order valence-electron chi connectivity index (χ0n) is 18.0. The minimum atomic E-state index is -0.562. The summed E-state index contributed by atoms with van der Waals surface area (Å²) in [6.07, 6.45) is 2.60. The zero-order valence-corrected chi connectivity index (χ0v) is 19.6. The maximum absolute atomic E-state index is 13.0. The average molecular weight is 475 g/mol. The fourth-order valence-electron chi connectivity index (χ4n) is 3.04. The van der Waals surface area contributed by atoms with E-state index < -0.39 is 6.04 Å². The number of unbranched alkanes of at least 4 members (excludes halogenated alkanes) is 1. The third-order valence-electron chi connectivity index (χ3n) is 4.97. The molecule has 1 N–H and O–H groups in total. The average Bonchev–Trinajstić information content (AvgIpc) is 2.75. The molecule has 30 heavy (non-hydrogen) atoms. The molecule has 162 valence electrons. The van der Waals surface area contributed by atoms with Crippen molar-refractivity contribution in [2.45, 2.75) is 46.1 Å². The summed E-state index contributed by atoms with van der Waals surface area (Å²) in [7, 11) is 0. The number of halogens is 1. The number of nitrogens with one attached hydrogen (secondary N) is 1. The van der Waals surface area contributed by atoms with Gasteiger partial charge in [0.2, 0.25) is 5.91 Å². The summed E-state index contributed by atoms with van der Waals surface area (Å²) < 4.78 is 6.71. The van der Waals surface area contributed by atoms with Crippen molar-refractivity contribution in [2.24, 2.45) is 0 Å². The van der Waals surface area contributed by atoms with Crippen molar-refractivity contribution < 1.29 is 14.3 Å². The SMILES string of the molecule is CCCCNC(=O)[C@@H](C)N(CCc1ccccc1)C(=O)COc1ccc(Br)c(C)c1. The molecule has 0 aliphatic rings. The first-order chi connectivity index (χ1) is 14.4. The van der Waals surface area contributed by atoms with Gasteiger partial charge in [0, 0.05) is 17.6 Å². The van der Waals surface area contributed by atoms with Crippen molar-refractivity contribution in [1.82, 2.24) is 10.2 Å². The number of ether oxygens (including phenoxy) is 1. The van der Waals surface area contributed by atoms with Crippen LogP contribution in [0.15, 0.2) is 53.0 Å². The van der Waals surface area contributed by atoms with Gasteiger partial charge in [-0.05, 0) is 56.0 Å². The summed E-state index contributed by atoms with van der Waals surface area (Å²) in [6.45, 7) is 6.78. The van der Waals surface area contributed by atoms with Crippen molar-refractivity contribution in [2.75, 3.05) is 19.7 Å². The standard InChI is InChI=1S/C24H31BrN2O3/c1-4-5-14-26-24(29)19(3)27(15-13-20-9-7-6-8-10-20)23(28)17-30-21-11-12-22(25)18(2)16-21/h6-12,16,19H,4-5,13-15,17H2,1-3H3,(H,26,29)/t19-/m1/s1. The summed E-state index contributed by atoms with van der Waals surface area (Å²) in [5, 5.41) is 2.93. The topological polar surface area (TPSA) is 58.6 Å². The van der Waals surface area contributed by atoms with Gasteiger partial charge in [-0.1, -0.05) is 59.6 Å². The lowest BCUT2D eigenvalue weighted by Gasteiger charge is -2.28. The van der Waals surface area contributed by atoms with Gasteiger partial charge < -0.3 is 15.0 Å². The lowest BCUT2D eigenvalue weighted by Crippen LogP contribution is -2.50. The molecule has 0 heterocycles. The summed E-state index contributed by atoms with van der Waals surface area (Å²) in [5.74, 6) is 0.293. The third kappa shape index (κ3) is 7.48. The van der Waals surface area contributed by atoms with Gasteiger partial charge in [0.15, 0.2) is 6.61 Å². The summed E-state index contributed by atoms with van der Waals surface area (Å²) in [5.41, 5.74) is 2.16. The van der Waals surface area contributed by atoms with E-state index in [-0.39, 0.29) is 18.4 Å². The molecule has 0 saturated heterocycles. The Morgan fingerprint density at radius 3 is 2.57 bits per heavy atom. The van der Waals surface area contributed by atoms with Gasteiger partial charge in [-0.15, -0.1) is 0 Å². The first kappa shape index (κ1) is 23.9. The Kier molecular flexibility index (Phi) is 9.87. The number of aryl methyl sites for hydroxylation is 1. The van der Waals surface area contributed by atoms with Crippen LogP contribution in [-0.2, 0) is 16.0 Å². The van der Waals surface area contributed by atoms with Gasteiger partial charge >= 0.3 is 0 Å². The highest BCUT2D eigenvalue weighted by Gasteiger charge is 2.26. The van der Waals surface area contributed by atoms with E-state index in [1.165, 1.54) is 0 Å². The van der Waals surface area contributed by atoms with Crippen molar-refractivity contribution in [3.8, 4) is 5.75 Å². The van der Waals surface area contributed by atoms with Crippen LogP contribution in [0.1, 0.15) is 37.8 Å². The van der Waals surface area contributed by atoms with E-state index in [0.717, 1.165) is 28.4 Å². The fourth-order valence-corrected chi connectivity index (χ4v) is 3.29. The molecule has 0 unspecified atom stereocenters. The molecule has 2 amide bonds. The molecule has 0 aliphatic heterocycles. The van der Waals surface area contributed by atoms with Gasteiger partial charge in [-0.25, -0.2) is 0 Å². The molecule has 0 bridgehead atoms. The Balaban J connectivity index is 2.04. The van der Waals surface area contributed by atoms with Crippen molar-refractivity contribution in [3.05, 3.63) is 64.1 Å². The number of hydrogen-bond acceptors (Lipinski definition) is 3. The molecule has 2 aromatic rings. The molecule has 1 atom stereocenters. The number of amides is 2. The molecule has 0 saturated carbocycles. The molecule has 5 nitrogen and oxygen atoms in total. The number of nitrogens with zero attached hydrogens (tertiary/aromatic N) is 1. The number of rotatable bonds is 11. The quantitative estimate of drug-likeness (QED) is 0.487. The second kappa shape index (κ2) is 12.4. The lowest BCUT2D eigenvalue weighted by molar-refractivity contribution is -0.141. The summed E-state index contributed by atoms with van der Waals surface area (Å²) in [4.78, 5) is 27.2. The second-order valence-corrected chi connectivity index (χ2v) is 8.20. The van der Waals surface area contributed by atoms with Crippen molar-refractivity contribution >= 4 is 27.7 Å². The first-order valence-electron chi connectivity index (χ1n) is 10.4. The molecular formula is C24H31BrN2O3. The zero-order chi connectivity index (χ0) is 21.9. The van der Waals surface area contributed by atoms with E-state index in [4.69, 9.17) is 4.74 Å². The maximum Gasteiger partial charge on any atom is 0.261 e. The van der Waals surface area contributed by atoms with E-state index in [1.54, 1.807) is 11.8 Å². The smallest absolute Gasteiger partial charge is 0.261 e. The van der Waals surface area contributed by atoms with Gasteiger partial charge in [0.25, 0.3) is 5.91 Å². The Labute approximate surface area is 187 Å². The minimum absolute atomic E-state index is 0.109. The minimum Gasteiger partial charge on any atom is -0.484 e. The van der Waals surface area contributed by atoms with Crippen molar-refractivity contribution in [3.63, 3.8) is 0 Å². The van der Waals surface area contributed by atoms with E-state index >= 15 is 0 Å². The van der Waals surface area contributed by atoms with Crippen LogP contribution in [0.5, 0.6) is 5.75 Å². The number of hydrogen-bond donors (Lipinski definition) is 1. The Bertz CT molecular complexity index is 826. The molecule has 0 aliphatic carbocycles. The molecule has 6 heteroatoms. The number of benzene rings is 2. The van der Waals surface area contributed by atoms with Crippen molar-refractivity contribution in [1.29, 1.82) is 0 Å². The predicted octanol–water partition coefficient (Wildman–Crippen LogP) is 4.51. The summed E-state index contributed by atoms with van der Waals surface area (Å²) >= 11 is 3.46. The Hall–Kier alpha value is -2.34. The molecule has 0 radical (unpaired) electrons. The molecular weight excluding hydrogens is 444 g/mol. The van der Waals surface area contributed by atoms with E-state index in [9.17, 15) is 9.59 Å². The van der Waals surface area contributed by atoms with Crippen LogP contribution < -0.4 is 10.1 Å². The van der Waals surface area contributed by atoms with Crippen LogP contribution in [0, 0.1) is 6.92 Å². The lowest BCUT2D eigenvalue weighted by atomic mass is 10.1. The van der Waals surface area contributed by atoms with Gasteiger partial charge in [-0.3, -0.25) is 9.59 Å². The fraction of sp³-hybridized carbons (Fsp3) is 0.417. The highest BCUT2D eigenvalue weighted by atomic mass is 79.9. The highest BCUT2D eigenvalue weighted by Crippen LogP contribution is 2.21. The summed E-state index contributed by atoms with van der Waals surface area (Å²) in [6, 6.07) is 15.0. The number of carbonyl (C=O) groups excluding carboxylic acids is 2. The van der Waals surface area contributed by atoms with Crippen LogP contribution in [0.25, 0.3) is 0 Å². The molecule has 0 fully saturated rings. The third-order valence-corrected chi connectivity index (χ3v) is 5.86. The number of carbonyl (C=O) groups is 2. The highest BCUT2D eigenvalue weighted by molar-refractivity contribution is 9.10. The van der Waals surface area contributed by atoms with Gasteiger partial charge in [-0.2, -0.15) is 0 Å². The van der Waals surface area contributed by atoms with Crippen LogP contribution in [-0.4, -0.2) is 42.5 Å². The molecule has 0 aromatic heterocycles. The Morgan fingerprint density at radius 2 is 1.90 bits per heavy atom. The second-order valence-electron chi connectivity index (χ2n) is 7.34. The van der Waals surface area contributed by atoms with E-state index in [0.29, 0.717) is 25.3 Å². The largest absolute Gasteiger partial charge is 0.484 e. The molecule has 2 rings (SSSR count).